The minimum atomic E-state index is -1.26. The molecule has 0 aliphatic carbocycles. The van der Waals surface area contributed by atoms with Crippen LogP contribution in [0.3, 0.4) is 0 Å². The highest BCUT2D eigenvalue weighted by atomic mass is 19.1. The first-order valence-electron chi connectivity index (χ1n) is 9.44. The van der Waals surface area contributed by atoms with Gasteiger partial charge in [0.1, 0.15) is 5.82 Å². The van der Waals surface area contributed by atoms with E-state index in [4.69, 9.17) is 14.7 Å². The quantitative estimate of drug-likeness (QED) is 0.706. The molecule has 0 atom stereocenters. The van der Waals surface area contributed by atoms with Crippen LogP contribution in [0.1, 0.15) is 38.3 Å². The van der Waals surface area contributed by atoms with Crippen molar-refractivity contribution in [2.24, 2.45) is 0 Å². The second-order valence-corrected chi connectivity index (χ2v) is 6.68. The van der Waals surface area contributed by atoms with Gasteiger partial charge in [-0.2, -0.15) is 0 Å². The number of aliphatic carboxylic acids is 2. The Morgan fingerprint density at radius 3 is 2.33 bits per heavy atom. The normalized spacial score (nSPS) is 15.0. The van der Waals surface area contributed by atoms with Crippen molar-refractivity contribution in [2.75, 3.05) is 19.6 Å². The van der Waals surface area contributed by atoms with E-state index in [1.54, 1.807) is 18.0 Å². The van der Waals surface area contributed by atoms with Gasteiger partial charge in [-0.05, 0) is 31.9 Å². The molecule has 0 bridgehead atoms. The van der Waals surface area contributed by atoms with Crippen molar-refractivity contribution in [2.45, 2.75) is 32.6 Å². The minimum absolute atomic E-state index is 0.0725. The zero-order valence-electron chi connectivity index (χ0n) is 16.7. The van der Waals surface area contributed by atoms with Crippen molar-refractivity contribution in [3.05, 3.63) is 41.9 Å². The molecule has 1 aromatic carbocycles. The van der Waals surface area contributed by atoms with Crippen LogP contribution >= 0.6 is 0 Å². The smallest absolute Gasteiger partial charge is 0.328 e. The number of carbonyl (C=O) groups excluding carboxylic acids is 1. The number of carbonyl (C=O) groups is 3. The lowest BCUT2D eigenvalue weighted by Crippen LogP contribution is -2.48. The van der Waals surface area contributed by atoms with Crippen molar-refractivity contribution in [3.63, 3.8) is 0 Å². The van der Waals surface area contributed by atoms with E-state index in [0.717, 1.165) is 37.0 Å². The summed E-state index contributed by atoms with van der Waals surface area (Å²) < 4.78 is 18.5. The van der Waals surface area contributed by atoms with Gasteiger partial charge in [-0.1, -0.05) is 5.16 Å². The number of carboxylic acids is 2. The Kier molecular flexibility index (Phi) is 8.05. The second kappa shape index (κ2) is 10.5. The number of aromatic nitrogens is 1. The van der Waals surface area contributed by atoms with E-state index in [9.17, 15) is 18.8 Å². The largest absolute Gasteiger partial charge is 0.478 e. The lowest BCUT2D eigenvalue weighted by Gasteiger charge is -2.38. The van der Waals surface area contributed by atoms with Crippen LogP contribution in [-0.2, 0) is 14.4 Å². The van der Waals surface area contributed by atoms with Gasteiger partial charge in [0, 0.05) is 56.1 Å². The van der Waals surface area contributed by atoms with Crippen molar-refractivity contribution >= 4 is 28.8 Å². The van der Waals surface area contributed by atoms with Gasteiger partial charge in [0.25, 0.3) is 0 Å². The third-order valence-corrected chi connectivity index (χ3v) is 4.69. The number of nitrogens with zero attached hydrogens (tertiary/aromatic N) is 3. The summed E-state index contributed by atoms with van der Waals surface area (Å²) in [6.07, 6.45) is 2.93. The first-order valence-corrected chi connectivity index (χ1v) is 9.44. The van der Waals surface area contributed by atoms with Crippen LogP contribution in [0.2, 0.25) is 0 Å². The minimum Gasteiger partial charge on any atom is -0.478 e. The molecule has 1 aliphatic heterocycles. The van der Waals surface area contributed by atoms with Gasteiger partial charge in [0.05, 0.1) is 5.69 Å². The van der Waals surface area contributed by atoms with E-state index in [-0.39, 0.29) is 17.6 Å². The molecule has 2 N–H and O–H groups in total. The highest BCUT2D eigenvalue weighted by molar-refractivity contribution is 5.89. The standard InChI is InChI=1S/C16H20FN3O2.C4H4O4/c1-3-20(11(2)21)19-8-6-12(7-9-19)16-14-5-4-13(17)10-15(14)22-18-16;5-3(6)1-2-4(7)8/h4-5,10,12H,3,6-9H2,1-2H3;1-2H,(H,5,6)(H,7,8)/b;2-1+. The topological polar surface area (TPSA) is 124 Å². The molecular formula is C20H24FN3O6. The molecule has 9 nitrogen and oxygen atoms in total. The summed E-state index contributed by atoms with van der Waals surface area (Å²) in [4.78, 5) is 30.7. The maximum atomic E-state index is 13.2. The van der Waals surface area contributed by atoms with Crippen LogP contribution in [-0.4, -0.2) is 62.9 Å². The first kappa shape index (κ1) is 23.0. The van der Waals surface area contributed by atoms with Crippen molar-refractivity contribution in [1.29, 1.82) is 0 Å². The summed E-state index contributed by atoms with van der Waals surface area (Å²) in [6.45, 7) is 5.88. The predicted octanol–water partition coefficient (Wildman–Crippen LogP) is 2.64. The molecule has 30 heavy (non-hydrogen) atoms. The summed E-state index contributed by atoms with van der Waals surface area (Å²) in [5.41, 5.74) is 1.40. The Bertz CT molecular complexity index is 918. The van der Waals surface area contributed by atoms with E-state index in [2.05, 4.69) is 10.2 Å². The number of halogens is 1. The molecule has 10 heteroatoms. The van der Waals surface area contributed by atoms with E-state index < -0.39 is 11.9 Å². The summed E-state index contributed by atoms with van der Waals surface area (Å²) >= 11 is 0. The van der Waals surface area contributed by atoms with Crippen molar-refractivity contribution in [1.82, 2.24) is 15.2 Å². The molecular weight excluding hydrogens is 397 g/mol. The van der Waals surface area contributed by atoms with Gasteiger partial charge in [-0.25, -0.2) is 19.0 Å². The number of carboxylic acid groups (broad SMARTS) is 2. The Balaban J connectivity index is 0.000000343. The molecule has 162 valence electrons. The van der Waals surface area contributed by atoms with E-state index >= 15 is 0 Å². The molecule has 1 aliphatic rings. The first-order chi connectivity index (χ1) is 14.2. The lowest BCUT2D eigenvalue weighted by molar-refractivity contribution is -0.148. The third-order valence-electron chi connectivity index (χ3n) is 4.69. The molecule has 3 rings (SSSR count). The summed E-state index contributed by atoms with van der Waals surface area (Å²) in [5.74, 6) is -2.47. The van der Waals surface area contributed by atoms with Crippen LogP contribution < -0.4 is 0 Å². The van der Waals surface area contributed by atoms with Gasteiger partial charge >= 0.3 is 11.9 Å². The number of rotatable bonds is 5. The van der Waals surface area contributed by atoms with Crippen LogP contribution in [0.25, 0.3) is 11.0 Å². The molecule has 1 saturated heterocycles. The SMILES string of the molecule is CCN(C(C)=O)N1CCC(c2noc3cc(F)ccc23)CC1.O=C(O)/C=C/C(=O)O. The molecule has 1 amide bonds. The van der Waals surface area contributed by atoms with Gasteiger partial charge in [-0.3, -0.25) is 9.80 Å². The van der Waals surface area contributed by atoms with Crippen LogP contribution in [0.5, 0.6) is 0 Å². The third kappa shape index (κ3) is 6.11. The summed E-state index contributed by atoms with van der Waals surface area (Å²) in [5, 5.41) is 24.5. The summed E-state index contributed by atoms with van der Waals surface area (Å²) in [7, 11) is 0. The molecule has 0 unspecified atom stereocenters. The molecule has 0 saturated carbocycles. The zero-order chi connectivity index (χ0) is 22.3. The number of benzene rings is 1. The van der Waals surface area contributed by atoms with Gasteiger partial charge in [0.15, 0.2) is 5.58 Å². The Hall–Kier alpha value is -3.27. The molecule has 2 aromatic rings. The molecule has 1 fully saturated rings. The number of amides is 1. The summed E-state index contributed by atoms with van der Waals surface area (Å²) in [6, 6.07) is 4.54. The second-order valence-electron chi connectivity index (χ2n) is 6.68. The Labute approximate surface area is 172 Å². The fraction of sp³-hybridized carbons (Fsp3) is 0.400. The van der Waals surface area contributed by atoms with E-state index in [1.807, 2.05) is 6.92 Å². The number of hydrogen-bond donors (Lipinski definition) is 2. The average Bonchev–Trinajstić information content (AvgIpc) is 3.10. The van der Waals surface area contributed by atoms with Gasteiger partial charge < -0.3 is 14.7 Å². The Morgan fingerprint density at radius 2 is 1.83 bits per heavy atom. The van der Waals surface area contributed by atoms with Crippen molar-refractivity contribution < 1.29 is 33.5 Å². The maximum absolute atomic E-state index is 13.2. The van der Waals surface area contributed by atoms with Crippen LogP contribution in [0.4, 0.5) is 4.39 Å². The van der Waals surface area contributed by atoms with Crippen LogP contribution in [0.15, 0.2) is 34.9 Å². The lowest BCUT2D eigenvalue weighted by atomic mass is 9.92. The molecule has 0 radical (unpaired) electrons. The fourth-order valence-electron chi connectivity index (χ4n) is 3.37. The molecule has 2 heterocycles. The molecule has 1 aromatic heterocycles. The monoisotopic (exact) mass is 421 g/mol. The van der Waals surface area contributed by atoms with E-state index in [0.29, 0.717) is 24.3 Å². The number of hydrogen-bond acceptors (Lipinski definition) is 6. The highest BCUT2D eigenvalue weighted by Gasteiger charge is 2.28. The highest BCUT2D eigenvalue weighted by Crippen LogP contribution is 2.33. The van der Waals surface area contributed by atoms with Crippen molar-refractivity contribution in [3.8, 4) is 0 Å². The number of fused-ring (bicyclic) bond motifs is 1. The predicted molar refractivity (Wildman–Crippen MR) is 105 cm³/mol. The van der Waals surface area contributed by atoms with E-state index in [1.165, 1.54) is 12.1 Å². The fourth-order valence-corrected chi connectivity index (χ4v) is 3.37. The number of piperidine rings is 1. The Morgan fingerprint density at radius 1 is 1.23 bits per heavy atom. The van der Waals surface area contributed by atoms with Crippen LogP contribution in [0, 0.1) is 5.82 Å². The number of hydrazine groups is 1. The average molecular weight is 421 g/mol. The maximum Gasteiger partial charge on any atom is 0.328 e. The van der Waals surface area contributed by atoms with Gasteiger partial charge in [-0.15, -0.1) is 0 Å². The zero-order valence-corrected chi connectivity index (χ0v) is 16.7. The van der Waals surface area contributed by atoms with Gasteiger partial charge in [0.2, 0.25) is 5.91 Å². The molecule has 0 spiro atoms.